The van der Waals surface area contributed by atoms with Gasteiger partial charge in [0.1, 0.15) is 0 Å². The smallest absolute Gasteiger partial charge is 0.0745 e. The topological polar surface area (TPSA) is 29.5 Å². The Kier molecular flexibility index (Phi) is 4.50. The quantitative estimate of drug-likeness (QED) is 0.698. The Labute approximate surface area is 79.2 Å². The van der Waals surface area contributed by atoms with Gasteiger partial charge in [-0.2, -0.15) is 0 Å². The van der Waals surface area contributed by atoms with Crippen molar-refractivity contribution in [2.24, 2.45) is 0 Å². The van der Waals surface area contributed by atoms with Gasteiger partial charge in [0, 0.05) is 0 Å². The van der Waals surface area contributed by atoms with Gasteiger partial charge >= 0.3 is 0 Å². The van der Waals surface area contributed by atoms with Crippen LogP contribution in [0.4, 0.5) is 0 Å². The number of hydrogen-bond acceptors (Lipinski definition) is 2. The maximum absolute atomic E-state index is 8.92. The lowest BCUT2D eigenvalue weighted by Gasteiger charge is -2.05. The fraction of sp³-hybridized carbons (Fsp3) is 0.455. The van der Waals surface area contributed by atoms with Crippen molar-refractivity contribution in [3.8, 4) is 0 Å². The number of rotatable bonds is 5. The molecule has 1 rings (SSSR count). The number of hydrogen-bond donors (Lipinski definition) is 1. The molecule has 0 fully saturated rings. The molecular weight excluding hydrogens is 164 g/mol. The zero-order chi connectivity index (χ0) is 9.52. The van der Waals surface area contributed by atoms with Crippen LogP contribution in [0.15, 0.2) is 30.3 Å². The Morgan fingerprint density at radius 3 is 2.62 bits per heavy atom. The summed E-state index contributed by atoms with van der Waals surface area (Å²) >= 11 is 0. The van der Waals surface area contributed by atoms with E-state index in [1.54, 1.807) is 6.92 Å². The van der Waals surface area contributed by atoms with Gasteiger partial charge in [-0.3, -0.25) is 0 Å². The first-order valence-electron chi connectivity index (χ1n) is 4.59. The second kappa shape index (κ2) is 5.73. The molecule has 1 N–H and O–H groups in total. The molecule has 13 heavy (non-hydrogen) atoms. The maximum atomic E-state index is 8.92. The molecule has 0 aromatic heterocycles. The van der Waals surface area contributed by atoms with Crippen molar-refractivity contribution in [2.75, 3.05) is 13.2 Å². The summed E-state index contributed by atoms with van der Waals surface area (Å²) in [4.78, 5) is 0. The van der Waals surface area contributed by atoms with E-state index in [0.717, 1.165) is 6.42 Å². The monoisotopic (exact) mass is 180 g/mol. The molecule has 0 aliphatic rings. The van der Waals surface area contributed by atoms with E-state index in [2.05, 4.69) is 12.1 Å². The SMILES string of the molecule is C[C@@H](O)COCCc1ccccc1. The van der Waals surface area contributed by atoms with E-state index in [1.807, 2.05) is 18.2 Å². The van der Waals surface area contributed by atoms with Crippen molar-refractivity contribution < 1.29 is 9.84 Å². The van der Waals surface area contributed by atoms with Gasteiger partial charge < -0.3 is 9.84 Å². The summed E-state index contributed by atoms with van der Waals surface area (Å²) < 4.78 is 5.25. The number of ether oxygens (including phenoxy) is 1. The van der Waals surface area contributed by atoms with Gasteiger partial charge in [-0.1, -0.05) is 30.3 Å². The first-order chi connectivity index (χ1) is 6.29. The van der Waals surface area contributed by atoms with E-state index in [4.69, 9.17) is 9.84 Å². The highest BCUT2D eigenvalue weighted by Gasteiger charge is 1.95. The summed E-state index contributed by atoms with van der Waals surface area (Å²) in [6.07, 6.45) is 0.545. The summed E-state index contributed by atoms with van der Waals surface area (Å²) in [7, 11) is 0. The van der Waals surface area contributed by atoms with E-state index < -0.39 is 0 Å². The third-order valence-electron chi connectivity index (χ3n) is 1.74. The Morgan fingerprint density at radius 2 is 2.00 bits per heavy atom. The van der Waals surface area contributed by atoms with Crippen LogP contribution in [0, 0.1) is 0 Å². The third-order valence-corrected chi connectivity index (χ3v) is 1.74. The fourth-order valence-electron chi connectivity index (χ4n) is 1.09. The van der Waals surface area contributed by atoms with Crippen LogP contribution in [0.3, 0.4) is 0 Å². The minimum atomic E-state index is -0.365. The molecule has 0 amide bonds. The molecule has 2 nitrogen and oxygen atoms in total. The number of aliphatic hydroxyl groups is 1. The van der Waals surface area contributed by atoms with Crippen molar-refractivity contribution in [3.63, 3.8) is 0 Å². The molecule has 0 saturated heterocycles. The van der Waals surface area contributed by atoms with Crippen LogP contribution in [-0.2, 0) is 11.2 Å². The minimum absolute atomic E-state index is 0.365. The normalized spacial score (nSPS) is 12.8. The first-order valence-corrected chi connectivity index (χ1v) is 4.59. The van der Waals surface area contributed by atoms with Crippen LogP contribution in [-0.4, -0.2) is 24.4 Å². The van der Waals surface area contributed by atoms with Crippen molar-refractivity contribution in [1.29, 1.82) is 0 Å². The van der Waals surface area contributed by atoms with Crippen LogP contribution in [0.2, 0.25) is 0 Å². The molecule has 2 heteroatoms. The Hall–Kier alpha value is -0.860. The molecule has 1 aromatic rings. The lowest BCUT2D eigenvalue weighted by molar-refractivity contribution is 0.0477. The molecule has 72 valence electrons. The van der Waals surface area contributed by atoms with Gasteiger partial charge in [-0.25, -0.2) is 0 Å². The molecule has 1 atom stereocenters. The lowest BCUT2D eigenvalue weighted by Crippen LogP contribution is -2.11. The molecule has 0 unspecified atom stereocenters. The fourth-order valence-corrected chi connectivity index (χ4v) is 1.09. The Morgan fingerprint density at radius 1 is 1.31 bits per heavy atom. The van der Waals surface area contributed by atoms with Gasteiger partial charge in [0.25, 0.3) is 0 Å². The van der Waals surface area contributed by atoms with Crippen molar-refractivity contribution in [1.82, 2.24) is 0 Å². The van der Waals surface area contributed by atoms with E-state index in [0.29, 0.717) is 13.2 Å². The average molecular weight is 180 g/mol. The van der Waals surface area contributed by atoms with Crippen LogP contribution < -0.4 is 0 Å². The second-order valence-electron chi connectivity index (χ2n) is 3.16. The molecule has 0 aliphatic heterocycles. The van der Waals surface area contributed by atoms with Gasteiger partial charge in [0.15, 0.2) is 0 Å². The van der Waals surface area contributed by atoms with Crippen LogP contribution in [0.1, 0.15) is 12.5 Å². The van der Waals surface area contributed by atoms with Gasteiger partial charge in [0.2, 0.25) is 0 Å². The number of aliphatic hydroxyl groups excluding tert-OH is 1. The lowest BCUT2D eigenvalue weighted by atomic mass is 10.2. The summed E-state index contributed by atoms with van der Waals surface area (Å²) in [5.74, 6) is 0. The summed E-state index contributed by atoms with van der Waals surface area (Å²) in [5.41, 5.74) is 1.27. The molecule has 0 heterocycles. The molecule has 0 saturated carbocycles. The maximum Gasteiger partial charge on any atom is 0.0745 e. The predicted molar refractivity (Wildman–Crippen MR) is 52.6 cm³/mol. The van der Waals surface area contributed by atoms with Crippen LogP contribution >= 0.6 is 0 Å². The Bertz CT molecular complexity index is 219. The first kappa shape index (κ1) is 10.2. The van der Waals surface area contributed by atoms with Gasteiger partial charge in [-0.05, 0) is 18.9 Å². The van der Waals surface area contributed by atoms with E-state index >= 15 is 0 Å². The summed E-state index contributed by atoms with van der Waals surface area (Å²) in [5, 5.41) is 8.92. The molecule has 1 aromatic carbocycles. The molecule has 0 radical (unpaired) electrons. The number of benzene rings is 1. The second-order valence-corrected chi connectivity index (χ2v) is 3.16. The Balaban J connectivity index is 2.13. The largest absolute Gasteiger partial charge is 0.391 e. The van der Waals surface area contributed by atoms with Crippen LogP contribution in [0.5, 0.6) is 0 Å². The molecule has 0 spiro atoms. The predicted octanol–water partition coefficient (Wildman–Crippen LogP) is 1.63. The highest BCUT2D eigenvalue weighted by molar-refractivity contribution is 5.14. The van der Waals surface area contributed by atoms with E-state index in [9.17, 15) is 0 Å². The standard InChI is InChI=1S/C11H16O2/c1-10(12)9-13-8-7-11-5-3-2-4-6-11/h2-6,10,12H,7-9H2,1H3/t10-/m1/s1. The molecule has 0 aliphatic carbocycles. The molecular formula is C11H16O2. The van der Waals surface area contributed by atoms with E-state index in [1.165, 1.54) is 5.56 Å². The average Bonchev–Trinajstić information content (AvgIpc) is 2.14. The summed E-state index contributed by atoms with van der Waals surface area (Å²) in [6.45, 7) is 2.82. The summed E-state index contributed by atoms with van der Waals surface area (Å²) in [6, 6.07) is 10.2. The highest BCUT2D eigenvalue weighted by Crippen LogP contribution is 1.99. The highest BCUT2D eigenvalue weighted by atomic mass is 16.5. The minimum Gasteiger partial charge on any atom is -0.391 e. The molecule has 0 bridgehead atoms. The van der Waals surface area contributed by atoms with Crippen molar-refractivity contribution >= 4 is 0 Å². The van der Waals surface area contributed by atoms with Gasteiger partial charge in [-0.15, -0.1) is 0 Å². The zero-order valence-corrected chi connectivity index (χ0v) is 7.94. The third kappa shape index (κ3) is 4.65. The van der Waals surface area contributed by atoms with Crippen LogP contribution in [0.25, 0.3) is 0 Å². The van der Waals surface area contributed by atoms with Crippen molar-refractivity contribution in [2.45, 2.75) is 19.4 Å². The van der Waals surface area contributed by atoms with Crippen molar-refractivity contribution in [3.05, 3.63) is 35.9 Å². The zero-order valence-electron chi connectivity index (χ0n) is 7.94. The van der Waals surface area contributed by atoms with E-state index in [-0.39, 0.29) is 6.10 Å². The van der Waals surface area contributed by atoms with Gasteiger partial charge in [0.05, 0.1) is 19.3 Å².